The van der Waals surface area contributed by atoms with Gasteiger partial charge in [0, 0.05) is 5.56 Å². The van der Waals surface area contributed by atoms with Crippen molar-refractivity contribution >= 4 is 11.9 Å². The zero-order valence-electron chi connectivity index (χ0n) is 10.7. The summed E-state index contributed by atoms with van der Waals surface area (Å²) in [4.78, 5) is 12.0. The van der Waals surface area contributed by atoms with E-state index < -0.39 is 0 Å². The van der Waals surface area contributed by atoms with E-state index in [1.807, 2.05) is 62.4 Å². The summed E-state index contributed by atoms with van der Waals surface area (Å²) in [5, 5.41) is 0. The average Bonchev–Trinajstić information content (AvgIpc) is 2.36. The topological polar surface area (TPSA) is 17.1 Å². The SMILES string of the molecule is Cc1cccc(/C=C/C(=O)c2cccc(C)c2)c1. The molecule has 0 saturated carbocycles. The van der Waals surface area contributed by atoms with Gasteiger partial charge < -0.3 is 0 Å². The molecule has 0 N–H and O–H groups in total. The monoisotopic (exact) mass is 236 g/mol. The van der Waals surface area contributed by atoms with Gasteiger partial charge in [-0.15, -0.1) is 0 Å². The number of ketones is 1. The van der Waals surface area contributed by atoms with Gasteiger partial charge in [-0.1, -0.05) is 59.7 Å². The Morgan fingerprint density at radius 3 is 2.28 bits per heavy atom. The van der Waals surface area contributed by atoms with Crippen molar-refractivity contribution in [2.24, 2.45) is 0 Å². The summed E-state index contributed by atoms with van der Waals surface area (Å²) in [7, 11) is 0. The summed E-state index contributed by atoms with van der Waals surface area (Å²) in [5.74, 6) is 0.0419. The van der Waals surface area contributed by atoms with Crippen LogP contribution in [0.15, 0.2) is 54.6 Å². The van der Waals surface area contributed by atoms with Gasteiger partial charge in [-0.05, 0) is 31.6 Å². The molecule has 1 nitrogen and oxygen atoms in total. The Kier molecular flexibility index (Phi) is 3.73. The first-order valence-corrected chi connectivity index (χ1v) is 6.01. The fourth-order valence-electron chi connectivity index (χ4n) is 1.84. The van der Waals surface area contributed by atoms with Crippen LogP contribution >= 0.6 is 0 Å². The molecule has 18 heavy (non-hydrogen) atoms. The minimum atomic E-state index is 0.0419. The van der Waals surface area contributed by atoms with Gasteiger partial charge in [0.1, 0.15) is 0 Å². The van der Waals surface area contributed by atoms with Crippen LogP contribution in [0.1, 0.15) is 27.0 Å². The molecule has 0 saturated heterocycles. The van der Waals surface area contributed by atoms with Crippen molar-refractivity contribution < 1.29 is 4.79 Å². The van der Waals surface area contributed by atoms with E-state index in [0.717, 1.165) is 16.7 Å². The van der Waals surface area contributed by atoms with E-state index in [2.05, 4.69) is 6.07 Å². The van der Waals surface area contributed by atoms with Gasteiger partial charge in [-0.3, -0.25) is 4.79 Å². The van der Waals surface area contributed by atoms with Gasteiger partial charge in [0.15, 0.2) is 5.78 Å². The third-order valence-corrected chi connectivity index (χ3v) is 2.77. The normalized spacial score (nSPS) is 10.8. The van der Waals surface area contributed by atoms with Crippen molar-refractivity contribution in [1.29, 1.82) is 0 Å². The van der Waals surface area contributed by atoms with E-state index in [0.29, 0.717) is 0 Å². The molecule has 0 aliphatic heterocycles. The van der Waals surface area contributed by atoms with Crippen LogP contribution in [0.5, 0.6) is 0 Å². The zero-order chi connectivity index (χ0) is 13.0. The Hall–Kier alpha value is -2.15. The number of hydrogen-bond donors (Lipinski definition) is 0. The standard InChI is InChI=1S/C17H16O/c1-13-5-3-7-15(11-13)9-10-17(18)16-8-4-6-14(2)12-16/h3-12H,1-2H3/b10-9+. The van der Waals surface area contributed by atoms with Crippen LogP contribution in [-0.4, -0.2) is 5.78 Å². The molecular formula is C17H16O. The highest BCUT2D eigenvalue weighted by atomic mass is 16.1. The van der Waals surface area contributed by atoms with Gasteiger partial charge in [-0.2, -0.15) is 0 Å². The minimum absolute atomic E-state index is 0.0419. The van der Waals surface area contributed by atoms with E-state index in [1.165, 1.54) is 5.56 Å². The molecule has 0 fully saturated rings. The van der Waals surface area contributed by atoms with E-state index in [-0.39, 0.29) is 5.78 Å². The second-order valence-electron chi connectivity index (χ2n) is 4.48. The summed E-state index contributed by atoms with van der Waals surface area (Å²) in [6, 6.07) is 15.7. The molecule has 0 bridgehead atoms. The third-order valence-electron chi connectivity index (χ3n) is 2.77. The van der Waals surface area contributed by atoms with Crippen LogP contribution in [0.3, 0.4) is 0 Å². The maximum atomic E-state index is 12.0. The van der Waals surface area contributed by atoms with E-state index in [9.17, 15) is 4.79 Å². The van der Waals surface area contributed by atoms with Crippen molar-refractivity contribution in [3.8, 4) is 0 Å². The molecular weight excluding hydrogens is 220 g/mol. The number of carbonyl (C=O) groups is 1. The lowest BCUT2D eigenvalue weighted by Crippen LogP contribution is -1.94. The first-order chi connectivity index (χ1) is 8.65. The summed E-state index contributed by atoms with van der Waals surface area (Å²) in [6.07, 6.45) is 3.49. The molecule has 0 heterocycles. The maximum absolute atomic E-state index is 12.0. The van der Waals surface area contributed by atoms with E-state index in [4.69, 9.17) is 0 Å². The quantitative estimate of drug-likeness (QED) is 0.576. The summed E-state index contributed by atoms with van der Waals surface area (Å²) in [5.41, 5.74) is 4.08. The van der Waals surface area contributed by atoms with Gasteiger partial charge in [0.2, 0.25) is 0 Å². The molecule has 0 unspecified atom stereocenters. The zero-order valence-corrected chi connectivity index (χ0v) is 10.7. The van der Waals surface area contributed by atoms with Crippen LogP contribution in [0.2, 0.25) is 0 Å². The van der Waals surface area contributed by atoms with Gasteiger partial charge in [0.05, 0.1) is 0 Å². The molecule has 0 spiro atoms. The fourth-order valence-corrected chi connectivity index (χ4v) is 1.84. The number of rotatable bonds is 3. The molecule has 0 amide bonds. The predicted octanol–water partition coefficient (Wildman–Crippen LogP) is 4.20. The largest absolute Gasteiger partial charge is 0.289 e. The Balaban J connectivity index is 2.17. The van der Waals surface area contributed by atoms with Crippen LogP contribution in [-0.2, 0) is 0 Å². The van der Waals surface area contributed by atoms with Gasteiger partial charge in [-0.25, -0.2) is 0 Å². The Bertz CT molecular complexity index is 594. The fraction of sp³-hybridized carbons (Fsp3) is 0.118. The lowest BCUT2D eigenvalue weighted by atomic mass is 10.1. The molecule has 0 atom stereocenters. The van der Waals surface area contributed by atoms with Crippen molar-refractivity contribution in [1.82, 2.24) is 0 Å². The Morgan fingerprint density at radius 2 is 1.61 bits per heavy atom. The Labute approximate surface area is 108 Å². The Morgan fingerprint density at radius 1 is 0.944 bits per heavy atom. The first kappa shape index (κ1) is 12.3. The van der Waals surface area contributed by atoms with Crippen LogP contribution in [0.4, 0.5) is 0 Å². The van der Waals surface area contributed by atoms with Crippen molar-refractivity contribution in [2.45, 2.75) is 13.8 Å². The molecule has 2 aromatic carbocycles. The number of aryl methyl sites for hydroxylation is 2. The lowest BCUT2D eigenvalue weighted by Gasteiger charge is -1.98. The van der Waals surface area contributed by atoms with Crippen molar-refractivity contribution in [2.75, 3.05) is 0 Å². The molecule has 0 aromatic heterocycles. The highest BCUT2D eigenvalue weighted by molar-refractivity contribution is 6.06. The first-order valence-electron chi connectivity index (χ1n) is 6.01. The molecule has 2 aromatic rings. The molecule has 0 radical (unpaired) electrons. The summed E-state index contributed by atoms with van der Waals surface area (Å²) < 4.78 is 0. The second kappa shape index (κ2) is 5.46. The van der Waals surface area contributed by atoms with Crippen molar-refractivity contribution in [3.05, 3.63) is 76.9 Å². The van der Waals surface area contributed by atoms with Crippen LogP contribution < -0.4 is 0 Å². The van der Waals surface area contributed by atoms with Crippen LogP contribution in [0.25, 0.3) is 6.08 Å². The molecule has 90 valence electrons. The van der Waals surface area contributed by atoms with E-state index in [1.54, 1.807) is 6.08 Å². The minimum Gasteiger partial charge on any atom is -0.289 e. The summed E-state index contributed by atoms with van der Waals surface area (Å²) >= 11 is 0. The highest BCUT2D eigenvalue weighted by Crippen LogP contribution is 2.09. The van der Waals surface area contributed by atoms with Gasteiger partial charge >= 0.3 is 0 Å². The number of allylic oxidation sites excluding steroid dienone is 1. The van der Waals surface area contributed by atoms with Crippen LogP contribution in [0, 0.1) is 13.8 Å². The highest BCUT2D eigenvalue weighted by Gasteiger charge is 2.00. The number of carbonyl (C=O) groups excluding carboxylic acids is 1. The molecule has 2 rings (SSSR count). The number of hydrogen-bond acceptors (Lipinski definition) is 1. The maximum Gasteiger partial charge on any atom is 0.185 e. The predicted molar refractivity (Wildman–Crippen MR) is 75.7 cm³/mol. The number of benzene rings is 2. The molecule has 0 aliphatic carbocycles. The van der Waals surface area contributed by atoms with E-state index >= 15 is 0 Å². The summed E-state index contributed by atoms with van der Waals surface area (Å²) in [6.45, 7) is 4.03. The molecule has 1 heteroatoms. The third kappa shape index (κ3) is 3.17. The van der Waals surface area contributed by atoms with Gasteiger partial charge in [0.25, 0.3) is 0 Å². The van der Waals surface area contributed by atoms with Crippen molar-refractivity contribution in [3.63, 3.8) is 0 Å². The lowest BCUT2D eigenvalue weighted by molar-refractivity contribution is 0.104. The smallest absolute Gasteiger partial charge is 0.185 e. The second-order valence-corrected chi connectivity index (χ2v) is 4.48. The molecule has 0 aliphatic rings. The average molecular weight is 236 g/mol.